The molecule has 0 aliphatic heterocycles. The minimum Gasteiger partial charge on any atom is -0.382 e. The number of nitrogen functional groups attached to an aromatic ring is 3. The second kappa shape index (κ2) is 27.9. The molecule has 0 saturated carbocycles. The van der Waals surface area contributed by atoms with E-state index < -0.39 is 64.3 Å². The van der Waals surface area contributed by atoms with Gasteiger partial charge in [0.15, 0.2) is 34.4 Å². The highest BCUT2D eigenvalue weighted by atomic mass is 79.9. The number of nitrogens with two attached hydrogens (primary N) is 3. The van der Waals surface area contributed by atoms with Crippen molar-refractivity contribution in [2.45, 2.75) is 76.6 Å². The first-order valence-corrected chi connectivity index (χ1v) is 35.0. The van der Waals surface area contributed by atoms with Crippen molar-refractivity contribution in [2.24, 2.45) is 0 Å². The average Bonchev–Trinajstić information content (AvgIpc) is 1.61. The van der Waals surface area contributed by atoms with Crippen LogP contribution in [0.2, 0.25) is 0 Å². The number of hydrogen-bond acceptors (Lipinski definition) is 21. The van der Waals surface area contributed by atoms with Crippen LogP contribution < -0.4 is 34.3 Å². The molecule has 3 aromatic carbocycles. The molecule has 90 heavy (non-hydrogen) atoms. The quantitative estimate of drug-likeness (QED) is 0.0563. The molecule has 0 fully saturated rings. The predicted octanol–water partition coefficient (Wildman–Crippen LogP) is 6.99. The summed E-state index contributed by atoms with van der Waals surface area (Å²) in [6.07, 6.45) is 0. The Kier molecular flexibility index (Phi) is 21.5. The minimum atomic E-state index is -3.28. The maximum absolute atomic E-state index is 13.2. The molecule has 6 heterocycles. The Morgan fingerprint density at radius 2 is 0.633 bits per heavy atom. The Labute approximate surface area is 541 Å². The lowest BCUT2D eigenvalue weighted by Crippen LogP contribution is -2.38. The zero-order valence-electron chi connectivity index (χ0n) is 50.3. The fourth-order valence-electron chi connectivity index (χ4n) is 8.47. The van der Waals surface area contributed by atoms with Crippen molar-refractivity contribution in [1.29, 1.82) is 14.3 Å². The van der Waals surface area contributed by atoms with E-state index in [4.69, 9.17) is 31.5 Å². The Morgan fingerprint density at radius 1 is 0.422 bits per heavy atom. The maximum Gasteiger partial charge on any atom is 0.339 e. The van der Waals surface area contributed by atoms with Gasteiger partial charge in [-0.1, -0.05) is 105 Å². The highest BCUT2D eigenvalue weighted by Gasteiger charge is 2.30. The molecule has 3 atom stereocenters. The summed E-state index contributed by atoms with van der Waals surface area (Å²) in [7, 11) is -5.16. The lowest BCUT2D eigenvalue weighted by atomic mass is 10.2. The molecule has 0 aliphatic rings. The Morgan fingerprint density at radius 3 is 0.822 bits per heavy atom. The van der Waals surface area contributed by atoms with Crippen LogP contribution in [0.3, 0.4) is 0 Å². The monoisotopic (exact) mass is 1490 g/mol. The summed E-state index contributed by atoms with van der Waals surface area (Å²) < 4.78 is 71.0. The second-order valence-electron chi connectivity index (χ2n) is 20.0. The molecule has 0 radical (unpaired) electrons. The van der Waals surface area contributed by atoms with Crippen LogP contribution in [0.15, 0.2) is 116 Å². The van der Waals surface area contributed by atoms with Crippen LogP contribution in [-0.4, -0.2) is 161 Å². The third-order valence-corrected chi connectivity index (χ3v) is 20.5. The van der Waals surface area contributed by atoms with Crippen molar-refractivity contribution in [3.05, 3.63) is 134 Å². The number of fused-ring (bicyclic) bond motifs is 3. The number of aromatic nitrogens is 12. The molecule has 480 valence electrons. The molecule has 9 N–H and O–H groups in total. The summed E-state index contributed by atoms with van der Waals surface area (Å²) in [6, 6.07) is 20.2. The van der Waals surface area contributed by atoms with E-state index in [1.165, 1.54) is 28.4 Å². The van der Waals surface area contributed by atoms with Gasteiger partial charge in [-0.25, -0.2) is 84.4 Å². The molecular weight excluding hydrogens is 1420 g/mol. The largest absolute Gasteiger partial charge is 0.382 e. The van der Waals surface area contributed by atoms with Crippen LogP contribution in [0.5, 0.6) is 0 Å². The molecule has 0 saturated heterocycles. The summed E-state index contributed by atoms with van der Waals surface area (Å²) in [5, 5.41) is -0.769. The van der Waals surface area contributed by atoms with E-state index in [0.717, 1.165) is 43.8 Å². The number of halogens is 3. The van der Waals surface area contributed by atoms with E-state index in [1.54, 1.807) is 62.7 Å². The summed E-state index contributed by atoms with van der Waals surface area (Å²) in [5.41, 5.74) is 19.0. The lowest BCUT2D eigenvalue weighted by molar-refractivity contribution is 0.212. The maximum atomic E-state index is 13.2. The smallest absolute Gasteiger partial charge is 0.339 e. The van der Waals surface area contributed by atoms with Gasteiger partial charge in [0.1, 0.15) is 45.7 Å². The van der Waals surface area contributed by atoms with E-state index in [2.05, 4.69) is 77.7 Å². The van der Waals surface area contributed by atoms with Gasteiger partial charge in [0, 0.05) is 71.5 Å². The SMILES string of the molecule is CCN(C)C(=O)n1c(=O)n(Cc2ccc(Br)cc2)c2nc(S(=N)(=O)CC)nc(N)c21.CCN(C)C(=O)n1c(=O)n(Cc2ccc(Br)cc2)c2nc([S@@](=N)(=O)CC)nc(N)c21.CCN(C)C(=O)n1c(=O)n(Cc2ccc(Br)cc2)c2nc([S@](=N)(=O)CC)nc(N)c21. The summed E-state index contributed by atoms with van der Waals surface area (Å²) in [4.78, 5) is 107. The van der Waals surface area contributed by atoms with E-state index in [-0.39, 0.29) is 103 Å². The summed E-state index contributed by atoms with van der Waals surface area (Å²) >= 11 is 10.1. The van der Waals surface area contributed by atoms with E-state index >= 15 is 0 Å². The Balaban J connectivity index is 0.000000192. The van der Waals surface area contributed by atoms with Gasteiger partial charge in [-0.3, -0.25) is 13.7 Å². The number of imidazole rings is 3. The predicted molar refractivity (Wildman–Crippen MR) is 355 cm³/mol. The van der Waals surface area contributed by atoms with Crippen LogP contribution in [0.4, 0.5) is 31.8 Å². The fourth-order valence-corrected chi connectivity index (χ4v) is 11.5. The number of nitrogens with zero attached hydrogens (tertiary/aromatic N) is 15. The van der Waals surface area contributed by atoms with Gasteiger partial charge in [-0.15, -0.1) is 0 Å². The first kappa shape index (κ1) is 69.3. The summed E-state index contributed by atoms with van der Waals surface area (Å²) in [6.45, 7) is 11.5. The van der Waals surface area contributed by atoms with Crippen LogP contribution in [-0.2, 0) is 48.8 Å². The number of amides is 3. The molecule has 9 rings (SSSR count). The number of benzene rings is 3. The van der Waals surface area contributed by atoms with Gasteiger partial charge >= 0.3 is 35.2 Å². The van der Waals surface area contributed by atoms with Crippen LogP contribution >= 0.6 is 47.8 Å². The molecule has 1 unspecified atom stereocenters. The second-order valence-corrected chi connectivity index (χ2v) is 29.6. The van der Waals surface area contributed by atoms with Crippen molar-refractivity contribution >= 4 is 146 Å². The van der Waals surface area contributed by atoms with E-state index in [1.807, 2.05) is 72.8 Å². The average molecular weight is 1490 g/mol. The van der Waals surface area contributed by atoms with Gasteiger partial charge in [0.2, 0.25) is 15.5 Å². The molecule has 0 spiro atoms. The molecule has 6 aromatic heterocycles. The zero-order chi connectivity index (χ0) is 66.6. The van der Waals surface area contributed by atoms with Crippen LogP contribution in [0.25, 0.3) is 33.5 Å². The number of hydrogen-bond donors (Lipinski definition) is 6. The van der Waals surface area contributed by atoms with Crippen molar-refractivity contribution in [3.8, 4) is 0 Å². The minimum absolute atomic E-state index is 0.00684. The van der Waals surface area contributed by atoms with E-state index in [0.29, 0.717) is 19.6 Å². The Hall–Kier alpha value is -8.19. The van der Waals surface area contributed by atoms with Crippen molar-refractivity contribution in [1.82, 2.24) is 72.0 Å². The number of anilines is 3. The topological polar surface area (TPSA) is 420 Å². The molecular formula is C54H66Br3N21O9S3. The first-order chi connectivity index (χ1) is 42.3. The van der Waals surface area contributed by atoms with Gasteiger partial charge in [-0.05, 0) is 73.9 Å². The summed E-state index contributed by atoms with van der Waals surface area (Å²) in [5.74, 6) is -0.540. The number of rotatable bonds is 15. The van der Waals surface area contributed by atoms with E-state index in [9.17, 15) is 41.4 Å². The number of carbonyl (C=O) groups is 3. The van der Waals surface area contributed by atoms with Gasteiger partial charge in [0.05, 0.1) is 19.6 Å². The number of carbonyl (C=O) groups excluding carboxylic acids is 3. The van der Waals surface area contributed by atoms with Crippen molar-refractivity contribution in [2.75, 3.05) is 75.2 Å². The van der Waals surface area contributed by atoms with Crippen molar-refractivity contribution in [3.63, 3.8) is 0 Å². The zero-order valence-corrected chi connectivity index (χ0v) is 57.5. The standard InChI is InChI=1S/3C18H22BrN7O3S/c3*1-4-24(3)17(27)26-13-14(20)22-16(30(21,29)5-2)23-15(13)25(18(26)28)10-11-6-8-12(19)9-7-11/h3*6-9,21H,4-5,10H2,1-3H3,(H2,20,22,23)/t2*30-;/m10./s1. The highest BCUT2D eigenvalue weighted by Crippen LogP contribution is 2.26. The third-order valence-electron chi connectivity index (χ3n) is 14.2. The van der Waals surface area contributed by atoms with Crippen LogP contribution in [0.1, 0.15) is 58.2 Å². The molecule has 30 nitrogen and oxygen atoms in total. The fraction of sp³-hybridized carbons (Fsp3) is 0.333. The number of nitrogens with one attached hydrogen (secondary N) is 3. The normalized spacial score (nSPS) is 13.3. The van der Waals surface area contributed by atoms with Gasteiger partial charge < -0.3 is 31.9 Å². The highest BCUT2D eigenvalue weighted by molar-refractivity contribution is 9.11. The molecule has 0 aliphatic carbocycles. The lowest BCUT2D eigenvalue weighted by Gasteiger charge is -2.14. The Bertz CT molecular complexity index is 4320. The molecule has 3 amide bonds. The molecule has 36 heteroatoms. The third kappa shape index (κ3) is 14.2. The van der Waals surface area contributed by atoms with Gasteiger partial charge in [0.25, 0.3) is 0 Å². The van der Waals surface area contributed by atoms with Gasteiger partial charge in [-0.2, -0.15) is 15.0 Å². The molecule has 0 bridgehead atoms. The molecule has 9 aromatic rings. The van der Waals surface area contributed by atoms with Crippen LogP contribution in [0, 0.1) is 14.3 Å². The van der Waals surface area contributed by atoms with Crippen molar-refractivity contribution < 1.29 is 27.0 Å². The first-order valence-electron chi connectivity index (χ1n) is 27.5.